The van der Waals surface area contributed by atoms with E-state index in [2.05, 4.69) is 22.9 Å². The monoisotopic (exact) mass is 238 g/mol. The van der Waals surface area contributed by atoms with E-state index in [0.717, 1.165) is 32.5 Å². The van der Waals surface area contributed by atoms with E-state index < -0.39 is 11.7 Å². The van der Waals surface area contributed by atoms with E-state index in [0.29, 0.717) is 6.61 Å². The molecule has 0 unspecified atom stereocenters. The van der Waals surface area contributed by atoms with Gasteiger partial charge in [0.2, 0.25) is 0 Å². The number of unbranched alkanes of at least 4 members (excludes halogenated alkanes) is 1. The Morgan fingerprint density at radius 2 is 1.67 bits per heavy atom. The molecule has 0 bridgehead atoms. The first kappa shape index (κ1) is 15.2. The molecule has 0 aromatic carbocycles. The van der Waals surface area contributed by atoms with Crippen molar-refractivity contribution in [1.29, 1.82) is 0 Å². The van der Waals surface area contributed by atoms with Gasteiger partial charge in [0.25, 0.3) is 0 Å². The second kappa shape index (κ2) is 10.7. The molecular formula is C10H24NO3S+. The van der Waals surface area contributed by atoms with Gasteiger partial charge in [-0.2, -0.15) is 0 Å². The summed E-state index contributed by atoms with van der Waals surface area (Å²) in [7, 11) is 0. The predicted molar refractivity (Wildman–Crippen MR) is 64.8 cm³/mol. The summed E-state index contributed by atoms with van der Waals surface area (Å²) in [6.45, 7) is 8.01. The molecular weight excluding hydrogens is 214 g/mol. The van der Waals surface area contributed by atoms with E-state index in [-0.39, 0.29) is 0 Å². The topological polar surface area (TPSA) is 52.9 Å². The van der Waals surface area contributed by atoms with Gasteiger partial charge in [0.1, 0.15) is 6.61 Å². The summed E-state index contributed by atoms with van der Waals surface area (Å²) in [6.07, 6.45) is 4.46. The number of rotatable bonds is 10. The molecule has 0 aromatic rings. The van der Waals surface area contributed by atoms with Crippen molar-refractivity contribution >= 4 is 11.7 Å². The summed E-state index contributed by atoms with van der Waals surface area (Å²) in [5.74, 6) is 0. The summed E-state index contributed by atoms with van der Waals surface area (Å²) in [4.78, 5) is 2.40. The minimum Gasteiger partial charge on any atom is -0.303 e. The summed E-state index contributed by atoms with van der Waals surface area (Å²) in [5.41, 5.74) is 0. The summed E-state index contributed by atoms with van der Waals surface area (Å²) >= 11 is -1.86. The lowest BCUT2D eigenvalue weighted by Crippen LogP contribution is -2.27. The van der Waals surface area contributed by atoms with Crippen LogP contribution in [-0.4, -0.2) is 40.2 Å². The van der Waals surface area contributed by atoms with Crippen LogP contribution in [0.25, 0.3) is 0 Å². The SMILES string of the molecule is CCCCN(CCC)CCCO[S+](O)O. The van der Waals surface area contributed by atoms with Gasteiger partial charge in [0, 0.05) is 6.54 Å². The first-order valence-electron chi connectivity index (χ1n) is 5.68. The van der Waals surface area contributed by atoms with Crippen molar-refractivity contribution in [2.45, 2.75) is 39.5 Å². The molecule has 2 N–H and O–H groups in total. The minimum atomic E-state index is -1.86. The van der Waals surface area contributed by atoms with Crippen molar-refractivity contribution in [2.24, 2.45) is 0 Å². The van der Waals surface area contributed by atoms with Gasteiger partial charge in [0.15, 0.2) is 0 Å². The van der Waals surface area contributed by atoms with Gasteiger partial charge < -0.3 is 4.90 Å². The Bertz CT molecular complexity index is 136. The summed E-state index contributed by atoms with van der Waals surface area (Å²) in [6, 6.07) is 0. The maximum Gasteiger partial charge on any atom is 0.502 e. The fraction of sp³-hybridized carbons (Fsp3) is 1.00. The molecule has 0 radical (unpaired) electrons. The van der Waals surface area contributed by atoms with Crippen molar-refractivity contribution < 1.29 is 13.3 Å². The Balaban J connectivity index is 3.47. The van der Waals surface area contributed by atoms with Crippen LogP contribution < -0.4 is 0 Å². The van der Waals surface area contributed by atoms with E-state index in [1.165, 1.54) is 12.8 Å². The molecule has 0 heterocycles. The van der Waals surface area contributed by atoms with Gasteiger partial charge in [-0.05, 0) is 32.4 Å². The lowest BCUT2D eigenvalue weighted by molar-refractivity contribution is 0.222. The molecule has 0 saturated carbocycles. The lowest BCUT2D eigenvalue weighted by Gasteiger charge is -2.20. The molecule has 0 aromatic heterocycles. The van der Waals surface area contributed by atoms with E-state index >= 15 is 0 Å². The molecule has 0 aliphatic heterocycles. The second-order valence-corrected chi connectivity index (χ2v) is 4.30. The van der Waals surface area contributed by atoms with Crippen molar-refractivity contribution in [1.82, 2.24) is 4.90 Å². The van der Waals surface area contributed by atoms with Crippen LogP contribution in [0, 0.1) is 0 Å². The van der Waals surface area contributed by atoms with Crippen molar-refractivity contribution in [3.63, 3.8) is 0 Å². The van der Waals surface area contributed by atoms with Crippen LogP contribution in [0.4, 0.5) is 0 Å². The maximum atomic E-state index is 8.51. The fourth-order valence-corrected chi connectivity index (χ4v) is 1.72. The van der Waals surface area contributed by atoms with Crippen LogP contribution in [0.3, 0.4) is 0 Å². The number of nitrogens with zero attached hydrogens (tertiary/aromatic N) is 1. The van der Waals surface area contributed by atoms with Crippen LogP contribution in [0.1, 0.15) is 39.5 Å². The van der Waals surface area contributed by atoms with E-state index in [1.807, 2.05) is 0 Å². The molecule has 0 amide bonds. The highest BCUT2D eigenvalue weighted by Crippen LogP contribution is 1.99. The first-order valence-corrected chi connectivity index (χ1v) is 6.75. The van der Waals surface area contributed by atoms with Crippen molar-refractivity contribution in [3.05, 3.63) is 0 Å². The predicted octanol–water partition coefficient (Wildman–Crippen LogP) is 2.38. The molecule has 5 heteroatoms. The van der Waals surface area contributed by atoms with E-state index in [4.69, 9.17) is 9.11 Å². The zero-order chi connectivity index (χ0) is 11.5. The third-order valence-corrected chi connectivity index (χ3v) is 2.55. The molecule has 0 fully saturated rings. The van der Waals surface area contributed by atoms with E-state index in [9.17, 15) is 0 Å². The van der Waals surface area contributed by atoms with Gasteiger partial charge in [-0.1, -0.05) is 20.3 Å². The van der Waals surface area contributed by atoms with Crippen LogP contribution >= 0.6 is 0 Å². The molecule has 0 spiro atoms. The molecule has 0 aliphatic carbocycles. The Kier molecular flexibility index (Phi) is 10.8. The number of hydrogen-bond donors (Lipinski definition) is 2. The summed E-state index contributed by atoms with van der Waals surface area (Å²) in [5, 5.41) is 0. The Morgan fingerprint density at radius 3 is 2.20 bits per heavy atom. The quantitative estimate of drug-likeness (QED) is 0.453. The Hall–Kier alpha value is 0.190. The first-order chi connectivity index (χ1) is 7.20. The highest BCUT2D eigenvalue weighted by Gasteiger charge is 2.12. The van der Waals surface area contributed by atoms with Gasteiger partial charge in [-0.25, -0.2) is 0 Å². The van der Waals surface area contributed by atoms with Gasteiger partial charge in [-0.15, -0.1) is 13.3 Å². The zero-order valence-electron chi connectivity index (χ0n) is 9.81. The van der Waals surface area contributed by atoms with Crippen LogP contribution in [0.5, 0.6) is 0 Å². The minimum absolute atomic E-state index is 0.419. The molecule has 0 saturated heterocycles. The molecule has 0 rings (SSSR count). The van der Waals surface area contributed by atoms with Crippen molar-refractivity contribution in [3.8, 4) is 0 Å². The highest BCUT2D eigenvalue weighted by molar-refractivity contribution is 7.81. The van der Waals surface area contributed by atoms with Gasteiger partial charge in [0.05, 0.1) is 0 Å². The zero-order valence-corrected chi connectivity index (χ0v) is 10.6. The molecule has 0 aliphatic rings. The van der Waals surface area contributed by atoms with Crippen LogP contribution in [0.15, 0.2) is 0 Å². The second-order valence-electron chi connectivity index (χ2n) is 3.60. The largest absolute Gasteiger partial charge is 0.502 e. The average Bonchev–Trinajstić information content (AvgIpc) is 2.20. The third kappa shape index (κ3) is 10.5. The maximum absolute atomic E-state index is 8.51. The number of hydrogen-bond acceptors (Lipinski definition) is 4. The standard InChI is InChI=1S/C10H24NO3S/c1-3-5-8-11(7-4-2)9-6-10-14-15(12)13/h12-13H,3-10H2,1-2H3/q+1. The molecule has 0 atom stereocenters. The fourth-order valence-electron chi connectivity index (χ4n) is 1.45. The average molecular weight is 238 g/mol. The van der Waals surface area contributed by atoms with Gasteiger partial charge >= 0.3 is 11.7 Å². The van der Waals surface area contributed by atoms with Gasteiger partial charge in [-0.3, -0.25) is 0 Å². The Labute approximate surface area is 96.2 Å². The van der Waals surface area contributed by atoms with Crippen LogP contribution in [-0.2, 0) is 15.9 Å². The lowest BCUT2D eigenvalue weighted by atomic mass is 10.3. The molecule has 4 nitrogen and oxygen atoms in total. The van der Waals surface area contributed by atoms with Crippen LogP contribution in [0.2, 0.25) is 0 Å². The van der Waals surface area contributed by atoms with Crippen molar-refractivity contribution in [2.75, 3.05) is 26.2 Å². The molecule has 92 valence electrons. The smallest absolute Gasteiger partial charge is 0.303 e. The normalized spacial score (nSPS) is 11.6. The molecule has 15 heavy (non-hydrogen) atoms. The Morgan fingerprint density at radius 1 is 1.00 bits per heavy atom. The summed E-state index contributed by atoms with van der Waals surface area (Å²) < 4.78 is 21.7. The highest BCUT2D eigenvalue weighted by atomic mass is 32.3. The third-order valence-electron chi connectivity index (χ3n) is 2.18. The van der Waals surface area contributed by atoms with E-state index in [1.54, 1.807) is 0 Å².